The normalized spacial score (nSPS) is 25.6. The number of hydrogen-bond donors (Lipinski definition) is 1. The quantitative estimate of drug-likeness (QED) is 0.824. The predicted molar refractivity (Wildman–Crippen MR) is 89.6 cm³/mol. The summed E-state index contributed by atoms with van der Waals surface area (Å²) in [5.74, 6) is 1.80. The highest BCUT2D eigenvalue weighted by molar-refractivity contribution is 9.09. The summed E-state index contributed by atoms with van der Waals surface area (Å²) in [6.45, 7) is 0.863. The maximum absolute atomic E-state index is 12.4. The summed E-state index contributed by atoms with van der Waals surface area (Å²) >= 11 is 3.63. The second-order valence-corrected chi connectivity index (χ2v) is 7.23. The molecule has 0 radical (unpaired) electrons. The van der Waals surface area contributed by atoms with E-state index in [4.69, 9.17) is 0 Å². The van der Waals surface area contributed by atoms with Crippen molar-refractivity contribution < 1.29 is 4.79 Å². The van der Waals surface area contributed by atoms with Gasteiger partial charge >= 0.3 is 0 Å². The molecule has 0 spiro atoms. The molecule has 2 nitrogen and oxygen atoms in total. The monoisotopic (exact) mass is 349 g/mol. The van der Waals surface area contributed by atoms with Gasteiger partial charge in [0.1, 0.15) is 0 Å². The van der Waals surface area contributed by atoms with E-state index in [2.05, 4.69) is 45.5 Å². The molecule has 0 bridgehead atoms. The molecule has 1 aromatic carbocycles. The SMILES string of the molecule is O=C(NCC1CCCCC1CBr)C1Cc2ccccc2C1. The summed E-state index contributed by atoms with van der Waals surface area (Å²) in [5, 5.41) is 4.31. The first-order valence-corrected chi connectivity index (χ1v) is 9.30. The highest BCUT2D eigenvalue weighted by Crippen LogP contribution is 2.31. The molecular formula is C18H24BrNO. The first-order chi connectivity index (χ1) is 10.3. The minimum absolute atomic E-state index is 0.147. The van der Waals surface area contributed by atoms with Crippen LogP contribution in [0.5, 0.6) is 0 Å². The molecule has 0 aliphatic heterocycles. The first-order valence-electron chi connectivity index (χ1n) is 8.18. The van der Waals surface area contributed by atoms with Crippen LogP contribution in [0.1, 0.15) is 36.8 Å². The molecule has 114 valence electrons. The first kappa shape index (κ1) is 15.1. The zero-order valence-corrected chi connectivity index (χ0v) is 14.1. The molecule has 1 fully saturated rings. The average Bonchev–Trinajstić information content (AvgIpc) is 2.97. The number of halogens is 1. The Morgan fingerprint density at radius 1 is 1.10 bits per heavy atom. The van der Waals surface area contributed by atoms with Crippen molar-refractivity contribution >= 4 is 21.8 Å². The Balaban J connectivity index is 1.51. The highest BCUT2D eigenvalue weighted by atomic mass is 79.9. The molecule has 1 aromatic rings. The second-order valence-electron chi connectivity index (χ2n) is 6.58. The van der Waals surface area contributed by atoms with Crippen LogP contribution < -0.4 is 5.32 Å². The summed E-state index contributed by atoms with van der Waals surface area (Å²) < 4.78 is 0. The van der Waals surface area contributed by atoms with E-state index in [1.54, 1.807) is 0 Å². The van der Waals surface area contributed by atoms with Crippen molar-refractivity contribution in [2.24, 2.45) is 17.8 Å². The summed E-state index contributed by atoms with van der Waals surface area (Å²) in [7, 11) is 0. The zero-order valence-electron chi connectivity index (χ0n) is 12.5. The van der Waals surface area contributed by atoms with E-state index in [-0.39, 0.29) is 11.8 Å². The molecule has 0 aromatic heterocycles. The standard InChI is InChI=1S/C18H24BrNO/c19-11-15-7-3-4-8-16(15)12-20-18(21)17-9-13-5-1-2-6-14(13)10-17/h1-2,5-6,15-17H,3-4,7-12H2,(H,20,21). The van der Waals surface area contributed by atoms with Crippen molar-refractivity contribution in [1.82, 2.24) is 5.32 Å². The van der Waals surface area contributed by atoms with Gasteiger partial charge in [-0.05, 0) is 48.6 Å². The maximum atomic E-state index is 12.4. The van der Waals surface area contributed by atoms with E-state index >= 15 is 0 Å². The van der Waals surface area contributed by atoms with Gasteiger partial charge in [0.05, 0.1) is 0 Å². The molecule has 1 saturated carbocycles. The molecule has 1 amide bonds. The largest absolute Gasteiger partial charge is 0.356 e. The molecule has 3 rings (SSSR count). The van der Waals surface area contributed by atoms with Crippen molar-refractivity contribution in [3.05, 3.63) is 35.4 Å². The number of fused-ring (bicyclic) bond motifs is 1. The van der Waals surface area contributed by atoms with Gasteiger partial charge in [-0.3, -0.25) is 4.79 Å². The summed E-state index contributed by atoms with van der Waals surface area (Å²) in [5.41, 5.74) is 2.71. The van der Waals surface area contributed by atoms with E-state index in [1.807, 2.05) is 0 Å². The van der Waals surface area contributed by atoms with Crippen molar-refractivity contribution in [1.29, 1.82) is 0 Å². The van der Waals surface area contributed by atoms with Crippen LogP contribution in [0.15, 0.2) is 24.3 Å². The van der Waals surface area contributed by atoms with Crippen molar-refractivity contribution in [2.75, 3.05) is 11.9 Å². The van der Waals surface area contributed by atoms with Gasteiger partial charge in [-0.1, -0.05) is 53.0 Å². The smallest absolute Gasteiger partial charge is 0.223 e. The third-order valence-electron chi connectivity index (χ3n) is 5.22. The number of amides is 1. The van der Waals surface area contributed by atoms with Gasteiger partial charge in [-0.25, -0.2) is 0 Å². The van der Waals surface area contributed by atoms with Crippen molar-refractivity contribution in [3.8, 4) is 0 Å². The van der Waals surface area contributed by atoms with Crippen molar-refractivity contribution in [2.45, 2.75) is 38.5 Å². The van der Waals surface area contributed by atoms with Gasteiger partial charge in [0, 0.05) is 17.8 Å². The van der Waals surface area contributed by atoms with Crippen LogP contribution in [0.4, 0.5) is 0 Å². The van der Waals surface area contributed by atoms with Crippen LogP contribution in [0.2, 0.25) is 0 Å². The van der Waals surface area contributed by atoms with Gasteiger partial charge in [-0.15, -0.1) is 0 Å². The van der Waals surface area contributed by atoms with Gasteiger partial charge < -0.3 is 5.32 Å². The Labute approximate surface area is 135 Å². The predicted octanol–water partition coefficient (Wildman–Crippen LogP) is 3.72. The average molecular weight is 350 g/mol. The Morgan fingerprint density at radius 3 is 2.33 bits per heavy atom. The van der Waals surface area contributed by atoms with Crippen molar-refractivity contribution in [3.63, 3.8) is 0 Å². The number of hydrogen-bond acceptors (Lipinski definition) is 1. The molecule has 2 atom stereocenters. The Kier molecular flexibility index (Phi) is 4.99. The molecular weight excluding hydrogens is 326 g/mol. The molecule has 2 aliphatic carbocycles. The Morgan fingerprint density at radius 2 is 1.71 bits per heavy atom. The van der Waals surface area contributed by atoms with Crippen LogP contribution in [-0.4, -0.2) is 17.8 Å². The molecule has 0 heterocycles. The second kappa shape index (κ2) is 6.95. The molecule has 0 saturated heterocycles. The maximum Gasteiger partial charge on any atom is 0.223 e. The fourth-order valence-corrected chi connectivity index (χ4v) is 4.73. The molecule has 21 heavy (non-hydrogen) atoms. The lowest BCUT2D eigenvalue weighted by molar-refractivity contribution is -0.125. The van der Waals surface area contributed by atoms with Gasteiger partial charge in [0.25, 0.3) is 0 Å². The summed E-state index contributed by atoms with van der Waals surface area (Å²) in [4.78, 5) is 12.4. The molecule has 3 heteroatoms. The van der Waals surface area contributed by atoms with Gasteiger partial charge in [0.2, 0.25) is 5.91 Å². The van der Waals surface area contributed by atoms with E-state index in [0.29, 0.717) is 5.92 Å². The number of nitrogens with one attached hydrogen (secondary N) is 1. The summed E-state index contributed by atoms with van der Waals surface area (Å²) in [6.07, 6.45) is 7.06. The lowest BCUT2D eigenvalue weighted by Gasteiger charge is -2.30. The summed E-state index contributed by atoms with van der Waals surface area (Å²) in [6, 6.07) is 8.46. The van der Waals surface area contributed by atoms with Gasteiger partial charge in [-0.2, -0.15) is 0 Å². The van der Waals surface area contributed by atoms with E-state index < -0.39 is 0 Å². The van der Waals surface area contributed by atoms with Crippen LogP contribution >= 0.6 is 15.9 Å². The third-order valence-corrected chi connectivity index (χ3v) is 6.06. The van der Waals surface area contributed by atoms with Crippen LogP contribution in [0, 0.1) is 17.8 Å². The van der Waals surface area contributed by atoms with E-state index in [1.165, 1.54) is 36.8 Å². The molecule has 2 unspecified atom stereocenters. The third kappa shape index (κ3) is 3.50. The Bertz CT molecular complexity index is 477. The van der Waals surface area contributed by atoms with E-state index in [0.717, 1.165) is 30.6 Å². The number of carbonyl (C=O) groups excluding carboxylic acids is 1. The number of alkyl halides is 1. The van der Waals surface area contributed by atoms with Crippen LogP contribution in [-0.2, 0) is 17.6 Å². The van der Waals surface area contributed by atoms with E-state index in [9.17, 15) is 4.79 Å². The fraction of sp³-hybridized carbons (Fsp3) is 0.611. The zero-order chi connectivity index (χ0) is 14.7. The van der Waals surface area contributed by atoms with Gasteiger partial charge in [0.15, 0.2) is 0 Å². The fourth-order valence-electron chi connectivity index (χ4n) is 3.88. The van der Waals surface area contributed by atoms with Crippen LogP contribution in [0.25, 0.3) is 0 Å². The number of carbonyl (C=O) groups is 1. The molecule has 1 N–H and O–H groups in total. The minimum atomic E-state index is 0.147. The Hall–Kier alpha value is -0.830. The molecule has 2 aliphatic rings. The van der Waals surface area contributed by atoms with Crippen LogP contribution in [0.3, 0.4) is 0 Å². The number of benzene rings is 1. The lowest BCUT2D eigenvalue weighted by atomic mass is 9.80. The lowest BCUT2D eigenvalue weighted by Crippen LogP contribution is -2.38. The minimum Gasteiger partial charge on any atom is -0.356 e. The highest BCUT2D eigenvalue weighted by Gasteiger charge is 2.29. The number of rotatable bonds is 4. The topological polar surface area (TPSA) is 29.1 Å².